The third-order valence-corrected chi connectivity index (χ3v) is 2.42. The van der Waals surface area contributed by atoms with Crippen LogP contribution in [0.4, 0.5) is 11.4 Å². The van der Waals surface area contributed by atoms with Gasteiger partial charge in [-0.2, -0.15) is 0 Å². The molecule has 0 bridgehead atoms. The standard InChI is InChI=1S/C13H21N3O2/c1-4-5-18-12-7-10(14)6-11(8-12)16-9(2)13(17)15-3/h6-9,16H,4-5,14H2,1-3H3,(H,15,17). The molecule has 5 heteroatoms. The van der Waals surface area contributed by atoms with Crippen molar-refractivity contribution in [1.29, 1.82) is 0 Å². The minimum atomic E-state index is -0.323. The summed E-state index contributed by atoms with van der Waals surface area (Å²) in [4.78, 5) is 11.4. The Bertz CT molecular complexity index is 407. The molecule has 18 heavy (non-hydrogen) atoms. The van der Waals surface area contributed by atoms with Gasteiger partial charge in [-0.15, -0.1) is 0 Å². The molecule has 1 atom stereocenters. The Labute approximate surface area is 108 Å². The van der Waals surface area contributed by atoms with Gasteiger partial charge in [-0.1, -0.05) is 6.92 Å². The molecule has 1 aromatic rings. The van der Waals surface area contributed by atoms with Crippen LogP contribution in [0.5, 0.6) is 5.75 Å². The van der Waals surface area contributed by atoms with Crippen LogP contribution < -0.4 is 21.1 Å². The van der Waals surface area contributed by atoms with Gasteiger partial charge >= 0.3 is 0 Å². The number of hydrogen-bond acceptors (Lipinski definition) is 4. The summed E-state index contributed by atoms with van der Waals surface area (Å²) < 4.78 is 5.52. The maximum atomic E-state index is 11.4. The van der Waals surface area contributed by atoms with Crippen LogP contribution in [0.1, 0.15) is 20.3 Å². The maximum Gasteiger partial charge on any atom is 0.241 e. The van der Waals surface area contributed by atoms with Crippen molar-refractivity contribution in [2.75, 3.05) is 24.7 Å². The number of likely N-dealkylation sites (N-methyl/N-ethyl adjacent to an activating group) is 1. The number of nitrogen functional groups attached to an aromatic ring is 1. The summed E-state index contributed by atoms with van der Waals surface area (Å²) in [5.74, 6) is 0.636. The Morgan fingerprint density at radius 1 is 1.44 bits per heavy atom. The monoisotopic (exact) mass is 251 g/mol. The normalized spacial score (nSPS) is 11.7. The highest BCUT2D eigenvalue weighted by Gasteiger charge is 2.11. The van der Waals surface area contributed by atoms with Crippen molar-refractivity contribution in [3.63, 3.8) is 0 Å². The molecule has 1 amide bonds. The van der Waals surface area contributed by atoms with Gasteiger partial charge in [0.25, 0.3) is 0 Å². The van der Waals surface area contributed by atoms with Gasteiger partial charge in [0.15, 0.2) is 0 Å². The number of ether oxygens (including phenoxy) is 1. The Morgan fingerprint density at radius 3 is 2.78 bits per heavy atom. The number of amides is 1. The van der Waals surface area contributed by atoms with Gasteiger partial charge < -0.3 is 21.1 Å². The van der Waals surface area contributed by atoms with Crippen molar-refractivity contribution >= 4 is 17.3 Å². The van der Waals surface area contributed by atoms with Crippen LogP contribution in [0.2, 0.25) is 0 Å². The molecule has 5 nitrogen and oxygen atoms in total. The van der Waals surface area contributed by atoms with E-state index in [-0.39, 0.29) is 11.9 Å². The average molecular weight is 251 g/mol. The Hall–Kier alpha value is -1.91. The van der Waals surface area contributed by atoms with E-state index in [4.69, 9.17) is 10.5 Å². The Balaban J connectivity index is 2.76. The van der Waals surface area contributed by atoms with E-state index in [1.807, 2.05) is 13.0 Å². The molecule has 4 N–H and O–H groups in total. The fourth-order valence-electron chi connectivity index (χ4n) is 1.54. The summed E-state index contributed by atoms with van der Waals surface area (Å²) in [6.07, 6.45) is 0.937. The molecule has 0 heterocycles. The number of hydrogen-bond donors (Lipinski definition) is 3. The summed E-state index contributed by atoms with van der Waals surface area (Å²) in [7, 11) is 1.61. The van der Waals surface area contributed by atoms with Gasteiger partial charge in [0, 0.05) is 30.6 Å². The summed E-state index contributed by atoms with van der Waals surface area (Å²) in [5, 5.41) is 5.66. The number of rotatable bonds is 6. The van der Waals surface area contributed by atoms with E-state index in [0.29, 0.717) is 18.0 Å². The molecule has 0 spiro atoms. The molecule has 0 saturated carbocycles. The van der Waals surface area contributed by atoms with E-state index in [1.54, 1.807) is 26.1 Å². The van der Waals surface area contributed by atoms with Crippen molar-refractivity contribution in [2.45, 2.75) is 26.3 Å². The zero-order chi connectivity index (χ0) is 13.5. The largest absolute Gasteiger partial charge is 0.493 e. The topological polar surface area (TPSA) is 76.4 Å². The van der Waals surface area contributed by atoms with E-state index < -0.39 is 0 Å². The highest BCUT2D eigenvalue weighted by atomic mass is 16.5. The lowest BCUT2D eigenvalue weighted by atomic mass is 10.2. The minimum absolute atomic E-state index is 0.0755. The van der Waals surface area contributed by atoms with Crippen molar-refractivity contribution in [3.05, 3.63) is 18.2 Å². The molecule has 0 aliphatic carbocycles. The highest BCUT2D eigenvalue weighted by Crippen LogP contribution is 2.23. The second-order valence-electron chi connectivity index (χ2n) is 4.12. The van der Waals surface area contributed by atoms with E-state index in [1.165, 1.54) is 0 Å². The first kappa shape index (κ1) is 14.2. The molecule has 1 aromatic carbocycles. The smallest absolute Gasteiger partial charge is 0.241 e. The molecule has 1 rings (SSSR count). The van der Waals surface area contributed by atoms with Gasteiger partial charge in [-0.25, -0.2) is 0 Å². The average Bonchev–Trinajstić information content (AvgIpc) is 2.34. The Morgan fingerprint density at radius 2 is 2.17 bits per heavy atom. The van der Waals surface area contributed by atoms with Crippen molar-refractivity contribution < 1.29 is 9.53 Å². The number of nitrogens with two attached hydrogens (primary N) is 1. The van der Waals surface area contributed by atoms with Gasteiger partial charge in [-0.3, -0.25) is 4.79 Å². The lowest BCUT2D eigenvalue weighted by Gasteiger charge is -2.15. The number of nitrogens with one attached hydrogen (secondary N) is 2. The quantitative estimate of drug-likeness (QED) is 0.671. The lowest BCUT2D eigenvalue weighted by Crippen LogP contribution is -2.35. The molecule has 0 aromatic heterocycles. The summed E-state index contributed by atoms with van der Waals surface area (Å²) in [5.41, 5.74) is 7.18. The van der Waals surface area contributed by atoms with Crippen LogP contribution in [0, 0.1) is 0 Å². The number of anilines is 2. The van der Waals surface area contributed by atoms with E-state index in [9.17, 15) is 4.79 Å². The zero-order valence-electron chi connectivity index (χ0n) is 11.1. The Kier molecular flexibility index (Phi) is 5.30. The van der Waals surface area contributed by atoms with Gasteiger partial charge in [0.1, 0.15) is 11.8 Å². The molecule has 100 valence electrons. The third kappa shape index (κ3) is 4.16. The van der Waals surface area contributed by atoms with Crippen LogP contribution in [0.15, 0.2) is 18.2 Å². The molecular formula is C13H21N3O2. The summed E-state index contributed by atoms with van der Waals surface area (Å²) in [6.45, 7) is 4.47. The second-order valence-corrected chi connectivity index (χ2v) is 4.12. The molecule has 0 fully saturated rings. The third-order valence-electron chi connectivity index (χ3n) is 2.42. The predicted octanol–water partition coefficient (Wildman–Crippen LogP) is 1.60. The number of carbonyl (C=O) groups excluding carboxylic acids is 1. The van der Waals surface area contributed by atoms with Gasteiger partial charge in [0.05, 0.1) is 6.61 Å². The van der Waals surface area contributed by atoms with Crippen LogP contribution in [-0.4, -0.2) is 25.6 Å². The summed E-state index contributed by atoms with van der Waals surface area (Å²) >= 11 is 0. The minimum Gasteiger partial charge on any atom is -0.493 e. The molecule has 0 saturated heterocycles. The van der Waals surface area contributed by atoms with E-state index in [0.717, 1.165) is 12.1 Å². The van der Waals surface area contributed by atoms with Crippen molar-refractivity contribution in [3.8, 4) is 5.75 Å². The first-order valence-electron chi connectivity index (χ1n) is 6.08. The fourth-order valence-corrected chi connectivity index (χ4v) is 1.54. The molecular weight excluding hydrogens is 230 g/mol. The predicted molar refractivity (Wildman–Crippen MR) is 73.8 cm³/mol. The number of carbonyl (C=O) groups is 1. The van der Waals surface area contributed by atoms with Gasteiger partial charge in [-0.05, 0) is 19.4 Å². The first-order valence-corrected chi connectivity index (χ1v) is 6.08. The van der Waals surface area contributed by atoms with Crippen molar-refractivity contribution in [2.24, 2.45) is 0 Å². The van der Waals surface area contributed by atoms with Crippen LogP contribution in [-0.2, 0) is 4.79 Å². The van der Waals surface area contributed by atoms with Crippen LogP contribution in [0.25, 0.3) is 0 Å². The lowest BCUT2D eigenvalue weighted by molar-refractivity contribution is -0.121. The zero-order valence-corrected chi connectivity index (χ0v) is 11.1. The van der Waals surface area contributed by atoms with Crippen LogP contribution in [0.3, 0.4) is 0 Å². The first-order chi connectivity index (χ1) is 8.56. The van der Waals surface area contributed by atoms with E-state index >= 15 is 0 Å². The fraction of sp³-hybridized carbons (Fsp3) is 0.462. The molecule has 1 unspecified atom stereocenters. The molecule has 0 aliphatic heterocycles. The van der Waals surface area contributed by atoms with Gasteiger partial charge in [0.2, 0.25) is 5.91 Å². The van der Waals surface area contributed by atoms with Crippen molar-refractivity contribution in [1.82, 2.24) is 5.32 Å². The van der Waals surface area contributed by atoms with E-state index in [2.05, 4.69) is 10.6 Å². The maximum absolute atomic E-state index is 11.4. The second kappa shape index (κ2) is 6.74. The number of benzene rings is 1. The SMILES string of the molecule is CCCOc1cc(N)cc(NC(C)C(=O)NC)c1. The highest BCUT2D eigenvalue weighted by molar-refractivity contribution is 5.84. The summed E-state index contributed by atoms with van der Waals surface area (Å²) in [6, 6.07) is 5.06. The van der Waals surface area contributed by atoms with Crippen LogP contribution >= 0.6 is 0 Å². The molecule has 0 aliphatic rings. The molecule has 0 radical (unpaired) electrons.